The first-order valence-corrected chi connectivity index (χ1v) is 14.7. The third kappa shape index (κ3) is 12.9. The number of aliphatic carboxylic acids is 1. The Labute approximate surface area is 252 Å². The lowest BCUT2D eigenvalue weighted by molar-refractivity contribution is -0.274. The Balaban J connectivity index is 1.54. The minimum absolute atomic E-state index is 0.0763. The quantitative estimate of drug-likeness (QED) is 0.126. The van der Waals surface area contributed by atoms with Crippen LogP contribution in [0, 0.1) is 0 Å². The van der Waals surface area contributed by atoms with E-state index in [0.717, 1.165) is 34.8 Å². The van der Waals surface area contributed by atoms with Gasteiger partial charge in [0.05, 0.1) is 6.54 Å². The number of carboxylic acids is 1. The van der Waals surface area contributed by atoms with E-state index < -0.39 is 30.3 Å². The van der Waals surface area contributed by atoms with Crippen molar-refractivity contribution in [1.29, 1.82) is 0 Å². The number of unbranched alkanes of at least 4 members (excludes halogenated alkanes) is 1. The SMILES string of the molecule is CCOC(Cc1ccc(OCCN(CCCCSc2ccccc2)C(=O)Oc2ccc(OC(F)(F)F)cc2)cc1)C(=O)O. The van der Waals surface area contributed by atoms with Gasteiger partial charge in [0.2, 0.25) is 0 Å². The van der Waals surface area contributed by atoms with E-state index in [-0.39, 0.29) is 25.3 Å². The van der Waals surface area contributed by atoms with Gasteiger partial charge in [0.25, 0.3) is 0 Å². The maximum absolute atomic E-state index is 13.0. The first-order valence-electron chi connectivity index (χ1n) is 13.7. The van der Waals surface area contributed by atoms with Crippen LogP contribution in [-0.4, -0.2) is 66.6 Å². The number of carbonyl (C=O) groups is 2. The molecule has 0 aliphatic carbocycles. The molecule has 8 nitrogen and oxygen atoms in total. The Hall–Kier alpha value is -3.90. The van der Waals surface area contributed by atoms with Gasteiger partial charge in [-0.1, -0.05) is 30.3 Å². The summed E-state index contributed by atoms with van der Waals surface area (Å²) in [7, 11) is 0. The number of rotatable bonds is 17. The monoisotopic (exact) mass is 621 g/mol. The van der Waals surface area contributed by atoms with Crippen LogP contribution < -0.4 is 14.2 Å². The molecule has 0 heterocycles. The average Bonchev–Trinajstić information content (AvgIpc) is 2.97. The number of carbonyl (C=O) groups excluding carboxylic acids is 1. The second-order valence-electron chi connectivity index (χ2n) is 9.22. The molecule has 0 fully saturated rings. The fraction of sp³-hybridized carbons (Fsp3) is 0.355. The molecule has 12 heteroatoms. The number of ether oxygens (including phenoxy) is 4. The van der Waals surface area contributed by atoms with Crippen LogP contribution in [0.15, 0.2) is 83.8 Å². The minimum Gasteiger partial charge on any atom is -0.492 e. The lowest BCUT2D eigenvalue weighted by Crippen LogP contribution is -2.37. The zero-order valence-corrected chi connectivity index (χ0v) is 24.4. The van der Waals surface area contributed by atoms with Crippen molar-refractivity contribution in [3.05, 3.63) is 84.4 Å². The van der Waals surface area contributed by atoms with Crippen LogP contribution in [-0.2, 0) is 16.0 Å². The van der Waals surface area contributed by atoms with E-state index in [9.17, 15) is 27.9 Å². The third-order valence-corrected chi connectivity index (χ3v) is 7.07. The van der Waals surface area contributed by atoms with E-state index in [4.69, 9.17) is 14.2 Å². The molecule has 1 unspecified atom stereocenters. The molecule has 1 N–H and O–H groups in total. The van der Waals surface area contributed by atoms with Crippen LogP contribution >= 0.6 is 11.8 Å². The number of benzene rings is 3. The van der Waals surface area contributed by atoms with Crippen molar-refractivity contribution >= 4 is 23.8 Å². The summed E-state index contributed by atoms with van der Waals surface area (Å²) < 4.78 is 57.7. The topological polar surface area (TPSA) is 94.5 Å². The third-order valence-electron chi connectivity index (χ3n) is 5.97. The van der Waals surface area contributed by atoms with Gasteiger partial charge < -0.3 is 29.0 Å². The second kappa shape index (κ2) is 17.3. The van der Waals surface area contributed by atoms with Crippen molar-refractivity contribution in [2.24, 2.45) is 0 Å². The first-order chi connectivity index (χ1) is 20.6. The summed E-state index contributed by atoms with van der Waals surface area (Å²) in [5.74, 6) is 0.0316. The molecule has 0 saturated heterocycles. The number of carboxylic acid groups (broad SMARTS) is 1. The summed E-state index contributed by atoms with van der Waals surface area (Å²) in [5.41, 5.74) is 0.776. The zero-order valence-electron chi connectivity index (χ0n) is 23.6. The van der Waals surface area contributed by atoms with E-state index in [1.165, 1.54) is 17.0 Å². The summed E-state index contributed by atoms with van der Waals surface area (Å²) in [4.78, 5) is 27.0. The summed E-state index contributed by atoms with van der Waals surface area (Å²) >= 11 is 1.72. The van der Waals surface area contributed by atoms with Gasteiger partial charge >= 0.3 is 18.4 Å². The average molecular weight is 622 g/mol. The maximum atomic E-state index is 13.0. The van der Waals surface area contributed by atoms with Crippen molar-refractivity contribution in [2.75, 3.05) is 32.1 Å². The largest absolute Gasteiger partial charge is 0.573 e. The molecule has 0 radical (unpaired) electrons. The van der Waals surface area contributed by atoms with Crippen LogP contribution in [0.25, 0.3) is 0 Å². The highest BCUT2D eigenvalue weighted by atomic mass is 32.2. The molecule has 232 valence electrons. The lowest BCUT2D eigenvalue weighted by Gasteiger charge is -2.22. The number of hydrogen-bond donors (Lipinski definition) is 1. The van der Waals surface area contributed by atoms with Crippen LogP contribution in [0.3, 0.4) is 0 Å². The normalized spacial score (nSPS) is 11.9. The van der Waals surface area contributed by atoms with Crippen molar-refractivity contribution in [3.8, 4) is 17.2 Å². The molecule has 0 bridgehead atoms. The summed E-state index contributed by atoms with van der Waals surface area (Å²) in [6.45, 7) is 2.77. The first kappa shape index (κ1) is 33.6. The van der Waals surface area contributed by atoms with E-state index in [2.05, 4.69) is 4.74 Å². The van der Waals surface area contributed by atoms with Gasteiger partial charge in [-0.25, -0.2) is 9.59 Å². The zero-order chi connectivity index (χ0) is 31.1. The van der Waals surface area contributed by atoms with Crippen molar-refractivity contribution in [3.63, 3.8) is 0 Å². The van der Waals surface area contributed by atoms with Crippen LogP contribution in [0.2, 0.25) is 0 Å². The van der Waals surface area contributed by atoms with Gasteiger partial charge in [-0.2, -0.15) is 0 Å². The number of nitrogens with zero attached hydrogens (tertiary/aromatic N) is 1. The molecule has 3 aromatic carbocycles. The highest BCUT2D eigenvalue weighted by Crippen LogP contribution is 2.25. The molecule has 43 heavy (non-hydrogen) atoms. The number of hydrogen-bond acceptors (Lipinski definition) is 7. The summed E-state index contributed by atoms with van der Waals surface area (Å²) in [6.07, 6.45) is -4.65. The van der Waals surface area contributed by atoms with Crippen LogP contribution in [0.1, 0.15) is 25.3 Å². The van der Waals surface area contributed by atoms with E-state index >= 15 is 0 Å². The highest BCUT2D eigenvalue weighted by Gasteiger charge is 2.31. The van der Waals surface area contributed by atoms with Gasteiger partial charge in [-0.05, 0) is 79.6 Å². The van der Waals surface area contributed by atoms with Gasteiger partial charge in [-0.3, -0.25) is 0 Å². The van der Waals surface area contributed by atoms with Crippen molar-refractivity contribution in [2.45, 2.75) is 43.5 Å². The predicted octanol–water partition coefficient (Wildman–Crippen LogP) is 7.07. The standard InChI is InChI=1S/C31H34F3NO7S/c1-2-39-28(29(36)37)22-23-10-12-24(13-11-23)40-20-19-35(18-6-7-21-43-27-8-4-3-5-9-27)30(38)41-25-14-16-26(17-15-25)42-31(32,33)34/h3-5,8-17,28H,2,6-7,18-22H2,1H3,(H,36,37). The van der Waals surface area contributed by atoms with Gasteiger partial charge in [-0.15, -0.1) is 24.9 Å². The number of halogens is 3. The fourth-order valence-electron chi connectivity index (χ4n) is 3.91. The smallest absolute Gasteiger partial charge is 0.492 e. The minimum atomic E-state index is -4.82. The molecule has 0 aliphatic rings. The fourth-order valence-corrected chi connectivity index (χ4v) is 4.84. The second-order valence-corrected chi connectivity index (χ2v) is 10.4. The molecule has 0 spiro atoms. The Kier molecular flexibility index (Phi) is 13.5. The van der Waals surface area contributed by atoms with Crippen LogP contribution in [0.5, 0.6) is 17.2 Å². The molecule has 0 saturated carbocycles. The van der Waals surface area contributed by atoms with E-state index in [1.807, 2.05) is 30.3 Å². The van der Waals surface area contributed by atoms with E-state index in [1.54, 1.807) is 43.0 Å². The van der Waals surface area contributed by atoms with E-state index in [0.29, 0.717) is 25.3 Å². The van der Waals surface area contributed by atoms with Gasteiger partial charge in [0, 0.05) is 24.5 Å². The predicted molar refractivity (Wildman–Crippen MR) is 156 cm³/mol. The van der Waals surface area contributed by atoms with Crippen molar-refractivity contribution < 1.29 is 46.8 Å². The van der Waals surface area contributed by atoms with Gasteiger partial charge in [0.1, 0.15) is 23.9 Å². The molecular weight excluding hydrogens is 587 g/mol. The Morgan fingerprint density at radius 1 is 0.884 bits per heavy atom. The molecule has 3 aromatic rings. The summed E-state index contributed by atoms with van der Waals surface area (Å²) in [6, 6.07) is 21.5. The number of alkyl halides is 3. The van der Waals surface area contributed by atoms with Crippen LogP contribution in [0.4, 0.5) is 18.0 Å². The Morgan fingerprint density at radius 3 is 2.16 bits per heavy atom. The lowest BCUT2D eigenvalue weighted by atomic mass is 10.1. The molecule has 1 atom stereocenters. The van der Waals surface area contributed by atoms with Crippen molar-refractivity contribution in [1.82, 2.24) is 4.90 Å². The number of thioether (sulfide) groups is 1. The maximum Gasteiger partial charge on any atom is 0.573 e. The molecule has 1 amide bonds. The molecular formula is C31H34F3NO7S. The molecule has 0 aliphatic heterocycles. The Morgan fingerprint density at radius 2 is 1.53 bits per heavy atom. The van der Waals surface area contributed by atoms with Gasteiger partial charge in [0.15, 0.2) is 6.10 Å². The molecule has 0 aromatic heterocycles. The Bertz CT molecular complexity index is 1260. The highest BCUT2D eigenvalue weighted by molar-refractivity contribution is 7.99. The summed E-state index contributed by atoms with van der Waals surface area (Å²) in [5, 5.41) is 9.28. The number of amides is 1. The molecule has 3 rings (SSSR count).